The second-order valence-corrected chi connectivity index (χ2v) is 2.94. The van der Waals surface area contributed by atoms with E-state index in [1.165, 1.54) is 12.1 Å². The molecule has 0 heterocycles. The summed E-state index contributed by atoms with van der Waals surface area (Å²) in [5, 5.41) is 19.1. The molecular formula is C6H4AsNO3. The third-order valence-electron chi connectivity index (χ3n) is 1.16. The van der Waals surface area contributed by atoms with Gasteiger partial charge in [-0.1, -0.05) is 0 Å². The molecule has 0 saturated carbocycles. The van der Waals surface area contributed by atoms with Crippen molar-refractivity contribution >= 4 is 26.9 Å². The van der Waals surface area contributed by atoms with E-state index in [4.69, 9.17) is 5.11 Å². The summed E-state index contributed by atoms with van der Waals surface area (Å²) in [7, 11) is 0. The van der Waals surface area contributed by atoms with Crippen LogP contribution in [0.15, 0.2) is 18.2 Å². The topological polar surface area (TPSA) is 63.4 Å². The third kappa shape index (κ3) is 1.71. The second-order valence-electron chi connectivity index (χ2n) is 1.93. The summed E-state index contributed by atoms with van der Waals surface area (Å²) in [6.45, 7) is 0. The van der Waals surface area contributed by atoms with Gasteiger partial charge in [0.2, 0.25) is 0 Å². The van der Waals surface area contributed by atoms with Crippen LogP contribution in [0.5, 0.6) is 5.75 Å². The summed E-state index contributed by atoms with van der Waals surface area (Å²) >= 11 is 2.07. The van der Waals surface area contributed by atoms with Crippen molar-refractivity contribution < 1.29 is 10.0 Å². The van der Waals surface area contributed by atoms with Gasteiger partial charge in [-0.3, -0.25) is 0 Å². The molecule has 4 nitrogen and oxygen atoms in total. The fourth-order valence-electron chi connectivity index (χ4n) is 0.658. The van der Waals surface area contributed by atoms with Gasteiger partial charge in [-0.25, -0.2) is 0 Å². The van der Waals surface area contributed by atoms with Gasteiger partial charge in [0.1, 0.15) is 0 Å². The number of aromatic hydroxyl groups is 1. The molecule has 0 amide bonds. The van der Waals surface area contributed by atoms with Gasteiger partial charge < -0.3 is 0 Å². The van der Waals surface area contributed by atoms with Gasteiger partial charge in [0, 0.05) is 0 Å². The molecule has 1 aromatic carbocycles. The molecule has 2 radical (unpaired) electrons. The van der Waals surface area contributed by atoms with Crippen LogP contribution in [0.25, 0.3) is 0 Å². The van der Waals surface area contributed by atoms with Crippen LogP contribution in [0, 0.1) is 10.1 Å². The molecule has 0 saturated heterocycles. The van der Waals surface area contributed by atoms with Crippen molar-refractivity contribution in [1.29, 1.82) is 0 Å². The second kappa shape index (κ2) is 2.92. The average molecular weight is 213 g/mol. The van der Waals surface area contributed by atoms with E-state index < -0.39 is 4.92 Å². The molecule has 56 valence electrons. The monoisotopic (exact) mass is 213 g/mol. The molecule has 1 rings (SSSR count). The summed E-state index contributed by atoms with van der Waals surface area (Å²) in [6.07, 6.45) is 0. The number of hydrogen-bond donors (Lipinski definition) is 1. The van der Waals surface area contributed by atoms with Gasteiger partial charge in [-0.05, 0) is 0 Å². The van der Waals surface area contributed by atoms with Gasteiger partial charge in [0.25, 0.3) is 0 Å². The van der Waals surface area contributed by atoms with Crippen LogP contribution in [0.1, 0.15) is 0 Å². The van der Waals surface area contributed by atoms with E-state index in [2.05, 4.69) is 16.9 Å². The van der Waals surface area contributed by atoms with E-state index in [9.17, 15) is 10.1 Å². The van der Waals surface area contributed by atoms with Gasteiger partial charge >= 0.3 is 71.0 Å². The molecule has 11 heavy (non-hydrogen) atoms. The standard InChI is InChI=1S/C6H4AsNO3/c7-5-2-1-4(9)3-6(5)8(10)11/h1-3,9H. The summed E-state index contributed by atoms with van der Waals surface area (Å²) in [5.74, 6) is -0.0912. The molecule has 5 heteroatoms. The van der Waals surface area contributed by atoms with Gasteiger partial charge in [-0.2, -0.15) is 0 Å². The Hall–Kier alpha value is -1.02. The van der Waals surface area contributed by atoms with Crippen LogP contribution in [0.3, 0.4) is 0 Å². The summed E-state index contributed by atoms with van der Waals surface area (Å²) in [6, 6.07) is 4.00. The third-order valence-corrected chi connectivity index (χ3v) is 1.95. The molecular weight excluding hydrogens is 209 g/mol. The van der Waals surface area contributed by atoms with Gasteiger partial charge in [0.05, 0.1) is 0 Å². The van der Waals surface area contributed by atoms with E-state index in [1.54, 1.807) is 0 Å². The first-order chi connectivity index (χ1) is 5.11. The Morgan fingerprint density at radius 1 is 1.55 bits per heavy atom. The number of nitro groups is 1. The fraction of sp³-hybridized carbons (Fsp3) is 0. The fourth-order valence-corrected chi connectivity index (χ4v) is 1.12. The number of hydrogen-bond acceptors (Lipinski definition) is 3. The molecule has 0 aliphatic heterocycles. The molecule has 0 spiro atoms. The van der Waals surface area contributed by atoms with Crippen LogP contribution in [0.4, 0.5) is 5.69 Å². The minimum absolute atomic E-state index is 0.0787. The van der Waals surface area contributed by atoms with Crippen LogP contribution >= 0.6 is 0 Å². The normalized spacial score (nSPS) is 9.55. The zero-order valence-electron chi connectivity index (χ0n) is 5.39. The number of rotatable bonds is 1. The predicted octanol–water partition coefficient (Wildman–Crippen LogP) is 0.0942. The molecule has 0 aliphatic carbocycles. The first kappa shape index (κ1) is 8.08. The first-order valence-corrected chi connectivity index (χ1v) is 3.71. The van der Waals surface area contributed by atoms with Crippen molar-refractivity contribution in [3.8, 4) is 5.75 Å². The van der Waals surface area contributed by atoms with Gasteiger partial charge in [0.15, 0.2) is 0 Å². The van der Waals surface area contributed by atoms with E-state index >= 15 is 0 Å². The summed E-state index contributed by atoms with van der Waals surface area (Å²) in [4.78, 5) is 9.72. The minimum atomic E-state index is -0.534. The Bertz CT molecular complexity index is 300. The maximum absolute atomic E-state index is 10.3. The van der Waals surface area contributed by atoms with E-state index in [-0.39, 0.29) is 11.4 Å². The number of phenolic OH excluding ortho intramolecular Hbond substituents is 1. The molecule has 0 bridgehead atoms. The molecule has 1 aromatic rings. The molecule has 0 atom stereocenters. The van der Waals surface area contributed by atoms with Crippen molar-refractivity contribution in [2.24, 2.45) is 0 Å². The Labute approximate surface area is 71.5 Å². The summed E-state index contributed by atoms with van der Waals surface area (Å²) in [5.41, 5.74) is -0.0787. The molecule has 1 N–H and O–H groups in total. The van der Waals surface area contributed by atoms with Crippen LogP contribution in [0.2, 0.25) is 0 Å². The van der Waals surface area contributed by atoms with E-state index in [0.29, 0.717) is 4.35 Å². The number of nitro benzene ring substituents is 1. The Morgan fingerprint density at radius 3 is 2.64 bits per heavy atom. The maximum atomic E-state index is 10.3. The van der Waals surface area contributed by atoms with Crippen LogP contribution in [-0.4, -0.2) is 26.9 Å². The molecule has 0 aliphatic rings. The van der Waals surface area contributed by atoms with Crippen molar-refractivity contribution in [3.63, 3.8) is 0 Å². The molecule has 0 fully saturated rings. The van der Waals surface area contributed by atoms with Gasteiger partial charge in [-0.15, -0.1) is 0 Å². The van der Waals surface area contributed by atoms with Crippen LogP contribution in [-0.2, 0) is 0 Å². The van der Waals surface area contributed by atoms with Crippen molar-refractivity contribution in [3.05, 3.63) is 28.3 Å². The number of nitrogens with zero attached hydrogens (tertiary/aromatic N) is 1. The Morgan fingerprint density at radius 2 is 2.18 bits per heavy atom. The number of benzene rings is 1. The van der Waals surface area contributed by atoms with Crippen LogP contribution < -0.4 is 4.35 Å². The Balaban J connectivity index is 3.23. The zero-order valence-corrected chi connectivity index (χ0v) is 7.27. The average Bonchev–Trinajstić information content (AvgIpc) is 1.94. The van der Waals surface area contributed by atoms with E-state index in [1.807, 2.05) is 0 Å². The quantitative estimate of drug-likeness (QED) is 0.408. The van der Waals surface area contributed by atoms with Crippen molar-refractivity contribution in [1.82, 2.24) is 0 Å². The summed E-state index contributed by atoms with van der Waals surface area (Å²) < 4.78 is 0.486. The Kier molecular flexibility index (Phi) is 2.15. The molecule has 0 aromatic heterocycles. The SMILES string of the molecule is O=[N+]([O-])c1cc(O)ccc1[As]. The van der Waals surface area contributed by atoms with Crippen molar-refractivity contribution in [2.45, 2.75) is 0 Å². The first-order valence-electron chi connectivity index (χ1n) is 2.77. The predicted molar refractivity (Wildman–Crippen MR) is 40.1 cm³/mol. The zero-order chi connectivity index (χ0) is 8.43. The van der Waals surface area contributed by atoms with E-state index in [0.717, 1.165) is 6.07 Å². The number of phenols is 1. The molecule has 0 unspecified atom stereocenters. The van der Waals surface area contributed by atoms with Crippen molar-refractivity contribution in [2.75, 3.05) is 0 Å².